The van der Waals surface area contributed by atoms with Crippen LogP contribution in [0.15, 0.2) is 93.5 Å². The van der Waals surface area contributed by atoms with Crippen LogP contribution < -0.4 is 16.1 Å². The lowest BCUT2D eigenvalue weighted by molar-refractivity contribution is -0.344. The molecule has 0 saturated carbocycles. The number of rotatable bonds is 2. The Bertz CT molecular complexity index is 1540. The molecule has 0 spiro atoms. The summed E-state index contributed by atoms with van der Waals surface area (Å²) in [5.74, 6) is -0.320. The average Bonchev–Trinajstić information content (AvgIpc) is 2.83. The molecule has 34 heavy (non-hydrogen) atoms. The number of para-hydroxylation sites is 1. The summed E-state index contributed by atoms with van der Waals surface area (Å²) in [6, 6.07) is 20.8. The zero-order valence-corrected chi connectivity index (χ0v) is 17.5. The van der Waals surface area contributed by atoms with E-state index in [1.807, 2.05) is 0 Å². The van der Waals surface area contributed by atoms with Crippen LogP contribution in [0.3, 0.4) is 0 Å². The fraction of sp³-hybridized carbons (Fsp3) is 0.0769. The maximum Gasteiger partial charge on any atom is 0.416 e. The highest BCUT2D eigenvalue weighted by molar-refractivity contribution is 5.86. The number of fused-ring (bicyclic) bond motifs is 3. The van der Waals surface area contributed by atoms with Crippen LogP contribution in [0.4, 0.5) is 13.2 Å². The van der Waals surface area contributed by atoms with Gasteiger partial charge in [-0.3, -0.25) is 5.73 Å². The SMILES string of the molecule is N#CC1=C([NH3+])Oc2c(c(=O)oc3ccccc23)C1c1ccc(-c2ccc(C(F)(F)F)cc2)cc1. The first-order chi connectivity index (χ1) is 16.3. The minimum atomic E-state index is -4.41. The van der Waals surface area contributed by atoms with Crippen LogP contribution in [0.25, 0.3) is 22.1 Å². The number of alkyl halides is 3. The van der Waals surface area contributed by atoms with Crippen molar-refractivity contribution in [3.05, 3.63) is 111 Å². The van der Waals surface area contributed by atoms with Crippen molar-refractivity contribution in [3.8, 4) is 22.9 Å². The smallest absolute Gasteiger partial charge is 0.416 e. The molecule has 0 saturated heterocycles. The minimum absolute atomic E-state index is 0.141. The van der Waals surface area contributed by atoms with E-state index in [0.29, 0.717) is 33.4 Å². The number of nitrogens with zero attached hydrogens (tertiary/aromatic N) is 1. The molecule has 0 fully saturated rings. The molecule has 1 aliphatic rings. The summed E-state index contributed by atoms with van der Waals surface area (Å²) < 4.78 is 49.9. The molecule has 3 N–H and O–H groups in total. The van der Waals surface area contributed by atoms with Gasteiger partial charge in [0.25, 0.3) is 0 Å². The minimum Gasteiger partial charge on any atom is -0.422 e. The zero-order chi connectivity index (χ0) is 24.0. The Labute approximate surface area is 191 Å². The molecule has 1 aromatic heterocycles. The van der Waals surface area contributed by atoms with Gasteiger partial charge in [0.05, 0.1) is 22.4 Å². The summed E-state index contributed by atoms with van der Waals surface area (Å²) in [7, 11) is 0. The predicted molar refractivity (Wildman–Crippen MR) is 117 cm³/mol. The molecule has 0 radical (unpaired) electrons. The van der Waals surface area contributed by atoms with Crippen LogP contribution in [0.2, 0.25) is 0 Å². The first-order valence-electron chi connectivity index (χ1n) is 10.3. The van der Waals surface area contributed by atoms with Gasteiger partial charge in [-0.2, -0.15) is 18.4 Å². The Morgan fingerprint density at radius 2 is 1.53 bits per heavy atom. The number of ether oxygens (including phenoxy) is 1. The van der Waals surface area contributed by atoms with E-state index in [0.717, 1.165) is 12.1 Å². The van der Waals surface area contributed by atoms with E-state index in [1.165, 1.54) is 12.1 Å². The van der Waals surface area contributed by atoms with Gasteiger partial charge in [0.1, 0.15) is 17.2 Å². The van der Waals surface area contributed by atoms with Gasteiger partial charge in [-0.15, -0.1) is 0 Å². The molecule has 1 aliphatic heterocycles. The summed E-state index contributed by atoms with van der Waals surface area (Å²) in [5.41, 5.74) is 5.17. The Morgan fingerprint density at radius 1 is 0.912 bits per heavy atom. The van der Waals surface area contributed by atoms with Crippen molar-refractivity contribution in [2.75, 3.05) is 0 Å². The molecule has 168 valence electrons. The van der Waals surface area contributed by atoms with Crippen LogP contribution in [0.1, 0.15) is 22.6 Å². The molecule has 4 aromatic rings. The second kappa shape index (κ2) is 7.90. The maximum absolute atomic E-state index is 12.9. The van der Waals surface area contributed by atoms with E-state index in [2.05, 4.69) is 11.8 Å². The van der Waals surface area contributed by atoms with E-state index in [4.69, 9.17) is 9.15 Å². The van der Waals surface area contributed by atoms with Gasteiger partial charge in [0, 0.05) is 0 Å². The lowest BCUT2D eigenvalue weighted by Crippen LogP contribution is -2.53. The van der Waals surface area contributed by atoms with Crippen molar-refractivity contribution in [1.29, 1.82) is 5.26 Å². The molecule has 0 amide bonds. The topological polar surface area (TPSA) is 90.9 Å². The van der Waals surface area contributed by atoms with Gasteiger partial charge in [-0.05, 0) is 41.0 Å². The molecule has 2 heterocycles. The number of hydrogen-bond acceptors (Lipinski definition) is 4. The number of nitriles is 1. The first kappa shape index (κ1) is 21.5. The Hall–Kier alpha value is -4.35. The second-order valence-electron chi connectivity index (χ2n) is 7.81. The number of hydrogen-bond donors (Lipinski definition) is 1. The largest absolute Gasteiger partial charge is 0.422 e. The van der Waals surface area contributed by atoms with Gasteiger partial charge in [-0.25, -0.2) is 4.79 Å². The molecule has 1 unspecified atom stereocenters. The standard InChI is InChI=1S/C26H15F3N2O3/c27-26(28,29)17-11-9-15(10-12-17)14-5-7-16(8-6-14)21-19(13-30)24(31)34-23-18-3-1-2-4-20(18)33-25(32)22(21)23/h1-12,21H,31H2/p+1. The van der Waals surface area contributed by atoms with Gasteiger partial charge >= 0.3 is 17.7 Å². The molecule has 0 aliphatic carbocycles. The summed E-state index contributed by atoms with van der Waals surface area (Å²) >= 11 is 0. The number of halogens is 3. The van der Waals surface area contributed by atoms with Crippen molar-refractivity contribution in [1.82, 2.24) is 0 Å². The molecule has 5 nitrogen and oxygen atoms in total. The predicted octanol–water partition coefficient (Wildman–Crippen LogP) is 4.98. The Morgan fingerprint density at radius 3 is 2.15 bits per heavy atom. The summed E-state index contributed by atoms with van der Waals surface area (Å²) in [5, 5.41) is 10.4. The second-order valence-corrected chi connectivity index (χ2v) is 7.81. The highest BCUT2D eigenvalue weighted by Gasteiger charge is 2.37. The average molecular weight is 461 g/mol. The molecule has 1 atom stereocenters. The Balaban J connectivity index is 1.61. The van der Waals surface area contributed by atoms with Crippen LogP contribution in [0, 0.1) is 11.3 Å². The molecule has 8 heteroatoms. The van der Waals surface area contributed by atoms with Gasteiger partial charge in [0.15, 0.2) is 5.75 Å². The van der Waals surface area contributed by atoms with Crippen LogP contribution >= 0.6 is 0 Å². The van der Waals surface area contributed by atoms with E-state index >= 15 is 0 Å². The molecular formula is C26H16F3N2O3+. The van der Waals surface area contributed by atoms with Crippen molar-refractivity contribution in [3.63, 3.8) is 0 Å². The van der Waals surface area contributed by atoms with Crippen molar-refractivity contribution in [2.24, 2.45) is 0 Å². The van der Waals surface area contributed by atoms with E-state index in [1.54, 1.807) is 48.5 Å². The van der Waals surface area contributed by atoms with Crippen molar-refractivity contribution >= 4 is 11.0 Å². The fourth-order valence-corrected chi connectivity index (χ4v) is 4.16. The summed E-state index contributed by atoms with van der Waals surface area (Å²) in [6.07, 6.45) is -4.41. The molecule has 3 aromatic carbocycles. The fourth-order valence-electron chi connectivity index (χ4n) is 4.16. The summed E-state index contributed by atoms with van der Waals surface area (Å²) in [4.78, 5) is 12.9. The van der Waals surface area contributed by atoms with Crippen LogP contribution in [-0.4, -0.2) is 0 Å². The third kappa shape index (κ3) is 3.52. The van der Waals surface area contributed by atoms with Gasteiger partial charge in [0.2, 0.25) is 0 Å². The number of allylic oxidation sites excluding steroid dienone is 1. The van der Waals surface area contributed by atoms with Crippen molar-refractivity contribution in [2.45, 2.75) is 12.1 Å². The van der Waals surface area contributed by atoms with Crippen molar-refractivity contribution < 1.29 is 28.1 Å². The summed E-state index contributed by atoms with van der Waals surface area (Å²) in [6.45, 7) is 0. The first-order valence-corrected chi connectivity index (χ1v) is 10.3. The van der Waals surface area contributed by atoms with E-state index < -0.39 is 23.3 Å². The Kier molecular flexibility index (Phi) is 5.00. The lowest BCUT2D eigenvalue weighted by atomic mass is 9.83. The van der Waals surface area contributed by atoms with Gasteiger partial charge in [-0.1, -0.05) is 48.5 Å². The molecule has 0 bridgehead atoms. The third-order valence-corrected chi connectivity index (χ3v) is 5.81. The monoisotopic (exact) mass is 461 g/mol. The van der Waals surface area contributed by atoms with E-state index in [-0.39, 0.29) is 17.0 Å². The maximum atomic E-state index is 12.9. The highest BCUT2D eigenvalue weighted by atomic mass is 19.4. The molecule has 5 rings (SSSR count). The third-order valence-electron chi connectivity index (χ3n) is 5.81. The van der Waals surface area contributed by atoms with E-state index in [9.17, 15) is 23.2 Å². The zero-order valence-electron chi connectivity index (χ0n) is 17.5. The number of quaternary nitrogens is 1. The normalized spacial score (nSPS) is 15.6. The highest BCUT2D eigenvalue weighted by Crippen LogP contribution is 2.43. The van der Waals surface area contributed by atoms with Gasteiger partial charge < -0.3 is 9.15 Å². The molecular weight excluding hydrogens is 445 g/mol. The number of benzene rings is 3. The lowest BCUT2D eigenvalue weighted by Gasteiger charge is -2.24. The van der Waals surface area contributed by atoms with Crippen LogP contribution in [0.5, 0.6) is 5.75 Å². The quantitative estimate of drug-likeness (QED) is 0.426. The van der Waals surface area contributed by atoms with Crippen LogP contribution in [-0.2, 0) is 6.18 Å².